The molecular formula is C10H9Cl3. The zero-order valence-corrected chi connectivity index (χ0v) is 9.42. The van der Waals surface area contributed by atoms with E-state index < -0.39 is 0 Å². The summed E-state index contributed by atoms with van der Waals surface area (Å²) in [6, 6.07) is 5.87. The van der Waals surface area contributed by atoms with Crippen molar-refractivity contribution in [3.8, 4) is 0 Å². The molecule has 0 aliphatic rings. The highest BCUT2D eigenvalue weighted by Gasteiger charge is 1.98. The summed E-state index contributed by atoms with van der Waals surface area (Å²) in [4.78, 5) is 0. The standard InChI is InChI=1S/C10H9Cl3/c1-7-2-4-9(11)8(6-7)3-5-10(12)13/h2,4-6H,3H2,1H3. The molecule has 0 atom stereocenters. The Morgan fingerprint density at radius 1 is 1.38 bits per heavy atom. The van der Waals surface area contributed by atoms with Crippen molar-refractivity contribution in [3.05, 3.63) is 44.9 Å². The molecule has 0 unspecified atom stereocenters. The van der Waals surface area contributed by atoms with Gasteiger partial charge in [0.05, 0.1) is 0 Å². The van der Waals surface area contributed by atoms with E-state index in [9.17, 15) is 0 Å². The van der Waals surface area contributed by atoms with Crippen LogP contribution < -0.4 is 0 Å². The van der Waals surface area contributed by atoms with E-state index in [1.54, 1.807) is 6.08 Å². The zero-order valence-electron chi connectivity index (χ0n) is 7.15. The Kier molecular flexibility index (Phi) is 4.11. The van der Waals surface area contributed by atoms with Crippen molar-refractivity contribution >= 4 is 34.8 Å². The van der Waals surface area contributed by atoms with Gasteiger partial charge in [-0.2, -0.15) is 0 Å². The fraction of sp³-hybridized carbons (Fsp3) is 0.200. The zero-order chi connectivity index (χ0) is 9.84. The van der Waals surface area contributed by atoms with Crippen LogP contribution in [0.3, 0.4) is 0 Å². The minimum Gasteiger partial charge on any atom is -0.0840 e. The van der Waals surface area contributed by atoms with Gasteiger partial charge in [-0.25, -0.2) is 0 Å². The van der Waals surface area contributed by atoms with E-state index in [1.807, 2.05) is 25.1 Å². The molecule has 0 saturated carbocycles. The van der Waals surface area contributed by atoms with Gasteiger partial charge in [0.1, 0.15) is 4.49 Å². The molecule has 13 heavy (non-hydrogen) atoms. The van der Waals surface area contributed by atoms with Gasteiger partial charge in [-0.05, 0) is 31.1 Å². The minimum absolute atomic E-state index is 0.276. The second-order valence-corrected chi connectivity index (χ2v) is 4.21. The molecule has 3 heteroatoms. The number of rotatable bonds is 2. The SMILES string of the molecule is Cc1ccc(Cl)c(CC=C(Cl)Cl)c1. The summed E-state index contributed by atoms with van der Waals surface area (Å²) in [6.45, 7) is 2.02. The molecule has 0 N–H and O–H groups in total. The quantitative estimate of drug-likeness (QED) is 0.707. The Morgan fingerprint density at radius 2 is 2.08 bits per heavy atom. The van der Waals surface area contributed by atoms with Gasteiger partial charge in [-0.3, -0.25) is 0 Å². The number of halogens is 3. The smallest absolute Gasteiger partial charge is 0.0840 e. The molecule has 1 rings (SSSR count). The molecule has 70 valence electrons. The second kappa shape index (κ2) is 4.90. The van der Waals surface area contributed by atoms with E-state index in [-0.39, 0.29) is 4.49 Å². The topological polar surface area (TPSA) is 0 Å². The normalized spacial score (nSPS) is 9.85. The van der Waals surface area contributed by atoms with Gasteiger partial charge < -0.3 is 0 Å². The first-order chi connectivity index (χ1) is 6.09. The number of hydrogen-bond donors (Lipinski definition) is 0. The van der Waals surface area contributed by atoms with Crippen LogP contribution in [0.1, 0.15) is 11.1 Å². The van der Waals surface area contributed by atoms with Gasteiger partial charge in [-0.15, -0.1) is 0 Å². The summed E-state index contributed by atoms with van der Waals surface area (Å²) >= 11 is 17.0. The van der Waals surface area contributed by atoms with Crippen LogP contribution in [0.15, 0.2) is 28.8 Å². The fourth-order valence-electron chi connectivity index (χ4n) is 1.05. The van der Waals surface area contributed by atoms with Gasteiger partial charge in [0.25, 0.3) is 0 Å². The van der Waals surface area contributed by atoms with Crippen LogP contribution in [0.5, 0.6) is 0 Å². The Balaban J connectivity index is 2.87. The van der Waals surface area contributed by atoms with Crippen LogP contribution in [0.2, 0.25) is 5.02 Å². The van der Waals surface area contributed by atoms with Crippen molar-refractivity contribution in [1.82, 2.24) is 0 Å². The summed E-state index contributed by atoms with van der Waals surface area (Å²) in [7, 11) is 0. The molecule has 0 aliphatic carbocycles. The maximum atomic E-state index is 5.96. The third-order valence-corrected chi connectivity index (χ3v) is 2.35. The summed E-state index contributed by atoms with van der Waals surface area (Å²) in [5.41, 5.74) is 2.22. The maximum Gasteiger partial charge on any atom is 0.103 e. The lowest BCUT2D eigenvalue weighted by molar-refractivity contribution is 1.25. The first-order valence-corrected chi connectivity index (χ1v) is 4.99. The number of hydrogen-bond acceptors (Lipinski definition) is 0. The van der Waals surface area contributed by atoms with Gasteiger partial charge in [0.2, 0.25) is 0 Å². The van der Waals surface area contributed by atoms with E-state index in [0.29, 0.717) is 6.42 Å². The molecule has 0 amide bonds. The minimum atomic E-state index is 0.276. The third kappa shape index (κ3) is 3.60. The molecule has 1 aromatic carbocycles. The van der Waals surface area contributed by atoms with Crippen molar-refractivity contribution in [1.29, 1.82) is 0 Å². The van der Waals surface area contributed by atoms with Crippen molar-refractivity contribution in [2.24, 2.45) is 0 Å². The van der Waals surface area contributed by atoms with E-state index in [2.05, 4.69) is 0 Å². The molecule has 0 fully saturated rings. The third-order valence-electron chi connectivity index (χ3n) is 1.68. The van der Waals surface area contributed by atoms with Gasteiger partial charge in [0, 0.05) is 5.02 Å². The largest absolute Gasteiger partial charge is 0.103 e. The van der Waals surface area contributed by atoms with E-state index >= 15 is 0 Å². The Labute approximate surface area is 93.1 Å². The molecule has 0 radical (unpaired) electrons. The predicted octanol–water partition coefficient (Wildman–Crippen LogP) is 4.51. The molecule has 0 aromatic heterocycles. The highest BCUT2D eigenvalue weighted by Crippen LogP contribution is 2.19. The van der Waals surface area contributed by atoms with Crippen LogP contribution in [-0.2, 0) is 6.42 Å². The van der Waals surface area contributed by atoms with Crippen LogP contribution in [-0.4, -0.2) is 0 Å². The molecular weight excluding hydrogens is 226 g/mol. The van der Waals surface area contributed by atoms with Gasteiger partial charge in [0.15, 0.2) is 0 Å². The Bertz CT molecular complexity index is 325. The van der Waals surface area contributed by atoms with Crippen LogP contribution in [0, 0.1) is 6.92 Å². The van der Waals surface area contributed by atoms with Crippen molar-refractivity contribution in [3.63, 3.8) is 0 Å². The van der Waals surface area contributed by atoms with Crippen LogP contribution in [0.4, 0.5) is 0 Å². The average molecular weight is 236 g/mol. The second-order valence-electron chi connectivity index (χ2n) is 2.79. The summed E-state index contributed by atoms with van der Waals surface area (Å²) < 4.78 is 0.276. The number of aryl methyl sites for hydroxylation is 1. The molecule has 0 nitrogen and oxygen atoms in total. The molecule has 0 bridgehead atoms. The van der Waals surface area contributed by atoms with E-state index in [4.69, 9.17) is 34.8 Å². The highest BCUT2D eigenvalue weighted by atomic mass is 35.5. The number of allylic oxidation sites excluding steroid dienone is 1. The first kappa shape index (κ1) is 10.9. The van der Waals surface area contributed by atoms with Crippen molar-refractivity contribution in [2.45, 2.75) is 13.3 Å². The molecule has 0 aliphatic heterocycles. The van der Waals surface area contributed by atoms with E-state index in [1.165, 1.54) is 5.56 Å². The predicted molar refractivity (Wildman–Crippen MR) is 59.7 cm³/mol. The number of benzene rings is 1. The lowest BCUT2D eigenvalue weighted by Gasteiger charge is -2.01. The van der Waals surface area contributed by atoms with Crippen LogP contribution >= 0.6 is 34.8 Å². The maximum absolute atomic E-state index is 5.96. The van der Waals surface area contributed by atoms with Crippen molar-refractivity contribution < 1.29 is 0 Å². The fourth-order valence-corrected chi connectivity index (χ4v) is 1.40. The lowest BCUT2D eigenvalue weighted by Crippen LogP contribution is -1.84. The lowest BCUT2D eigenvalue weighted by atomic mass is 10.1. The molecule has 0 heterocycles. The first-order valence-electron chi connectivity index (χ1n) is 3.86. The van der Waals surface area contributed by atoms with E-state index in [0.717, 1.165) is 10.6 Å². The van der Waals surface area contributed by atoms with Crippen molar-refractivity contribution in [2.75, 3.05) is 0 Å². The monoisotopic (exact) mass is 234 g/mol. The highest BCUT2D eigenvalue weighted by molar-refractivity contribution is 6.55. The Morgan fingerprint density at radius 3 is 2.69 bits per heavy atom. The van der Waals surface area contributed by atoms with Gasteiger partial charge in [-0.1, -0.05) is 52.5 Å². The van der Waals surface area contributed by atoms with Gasteiger partial charge >= 0.3 is 0 Å². The molecule has 1 aromatic rings. The Hall–Kier alpha value is -0.170. The van der Waals surface area contributed by atoms with Crippen LogP contribution in [0.25, 0.3) is 0 Å². The summed E-state index contributed by atoms with van der Waals surface area (Å²) in [5, 5.41) is 0.747. The molecule has 0 spiro atoms. The summed E-state index contributed by atoms with van der Waals surface area (Å²) in [5.74, 6) is 0. The molecule has 0 saturated heterocycles. The average Bonchev–Trinajstić information content (AvgIpc) is 2.06. The summed E-state index contributed by atoms with van der Waals surface area (Å²) in [6.07, 6.45) is 2.40.